The second kappa shape index (κ2) is 8.44. The zero-order chi connectivity index (χ0) is 12.5. The van der Waals surface area contributed by atoms with Crippen LogP contribution in [0.5, 0.6) is 0 Å². The van der Waals surface area contributed by atoms with Gasteiger partial charge in [0, 0.05) is 25.7 Å². The zero-order valence-corrected chi connectivity index (χ0v) is 10.5. The maximum absolute atomic E-state index is 11.6. The van der Waals surface area contributed by atoms with Gasteiger partial charge in [0.15, 0.2) is 0 Å². The Morgan fingerprint density at radius 2 is 2.06 bits per heavy atom. The van der Waals surface area contributed by atoms with Crippen molar-refractivity contribution in [2.24, 2.45) is 5.73 Å². The van der Waals surface area contributed by atoms with Crippen molar-refractivity contribution in [3.8, 4) is 0 Å². The summed E-state index contributed by atoms with van der Waals surface area (Å²) in [4.78, 5) is 13.7. The molecule has 1 saturated carbocycles. The van der Waals surface area contributed by atoms with Gasteiger partial charge in [0.2, 0.25) is 5.91 Å². The SMILES string of the molecule is NCCNC(=O)CN(CCO)C1CCCCC1. The van der Waals surface area contributed by atoms with Crippen molar-refractivity contribution in [3.05, 3.63) is 0 Å². The second-order valence-corrected chi connectivity index (χ2v) is 4.62. The third-order valence-corrected chi connectivity index (χ3v) is 3.29. The lowest BCUT2D eigenvalue weighted by molar-refractivity contribution is -0.123. The molecule has 0 aromatic rings. The van der Waals surface area contributed by atoms with E-state index in [0.717, 1.165) is 12.8 Å². The highest BCUT2D eigenvalue weighted by atomic mass is 16.3. The van der Waals surface area contributed by atoms with Gasteiger partial charge in [-0.2, -0.15) is 0 Å². The molecule has 100 valence electrons. The van der Waals surface area contributed by atoms with E-state index in [0.29, 0.717) is 32.2 Å². The Hall–Kier alpha value is -0.650. The van der Waals surface area contributed by atoms with E-state index in [2.05, 4.69) is 10.2 Å². The van der Waals surface area contributed by atoms with Crippen LogP contribution in [0.15, 0.2) is 0 Å². The monoisotopic (exact) mass is 243 g/mol. The third kappa shape index (κ3) is 5.48. The number of hydrogen-bond donors (Lipinski definition) is 3. The number of aliphatic hydroxyl groups excluding tert-OH is 1. The van der Waals surface area contributed by atoms with Gasteiger partial charge in [-0.05, 0) is 12.8 Å². The number of carbonyl (C=O) groups excluding carboxylic acids is 1. The summed E-state index contributed by atoms with van der Waals surface area (Å²) in [7, 11) is 0. The summed E-state index contributed by atoms with van der Waals surface area (Å²) in [5, 5.41) is 11.8. The molecule has 5 heteroatoms. The Labute approximate surface area is 103 Å². The van der Waals surface area contributed by atoms with E-state index < -0.39 is 0 Å². The maximum atomic E-state index is 11.6. The van der Waals surface area contributed by atoms with Crippen LogP contribution in [0.25, 0.3) is 0 Å². The van der Waals surface area contributed by atoms with Crippen LogP contribution in [0.2, 0.25) is 0 Å². The molecule has 5 nitrogen and oxygen atoms in total. The van der Waals surface area contributed by atoms with Crippen molar-refractivity contribution in [1.29, 1.82) is 0 Å². The topological polar surface area (TPSA) is 78.6 Å². The van der Waals surface area contributed by atoms with Crippen molar-refractivity contribution in [1.82, 2.24) is 10.2 Å². The molecule has 0 radical (unpaired) electrons. The van der Waals surface area contributed by atoms with E-state index in [1.165, 1.54) is 19.3 Å². The summed E-state index contributed by atoms with van der Waals surface area (Å²) < 4.78 is 0. The summed E-state index contributed by atoms with van der Waals surface area (Å²) in [5.41, 5.74) is 5.34. The Bertz CT molecular complexity index is 218. The van der Waals surface area contributed by atoms with Crippen molar-refractivity contribution in [2.75, 3.05) is 32.8 Å². The normalized spacial score (nSPS) is 17.4. The van der Waals surface area contributed by atoms with Gasteiger partial charge >= 0.3 is 0 Å². The van der Waals surface area contributed by atoms with E-state index in [1.807, 2.05) is 0 Å². The highest BCUT2D eigenvalue weighted by Gasteiger charge is 2.22. The zero-order valence-electron chi connectivity index (χ0n) is 10.5. The predicted molar refractivity (Wildman–Crippen MR) is 67.6 cm³/mol. The molecule has 0 unspecified atom stereocenters. The van der Waals surface area contributed by atoms with Crippen LogP contribution in [0, 0.1) is 0 Å². The number of nitrogens with zero attached hydrogens (tertiary/aromatic N) is 1. The van der Waals surface area contributed by atoms with E-state index in [9.17, 15) is 4.79 Å². The lowest BCUT2D eigenvalue weighted by atomic mass is 9.94. The van der Waals surface area contributed by atoms with Crippen LogP contribution in [0.4, 0.5) is 0 Å². The van der Waals surface area contributed by atoms with Gasteiger partial charge in [-0.15, -0.1) is 0 Å². The van der Waals surface area contributed by atoms with E-state index in [4.69, 9.17) is 10.8 Å². The number of carbonyl (C=O) groups is 1. The molecule has 0 aromatic heterocycles. The van der Waals surface area contributed by atoms with Crippen LogP contribution in [-0.4, -0.2) is 54.7 Å². The minimum absolute atomic E-state index is 0.00877. The van der Waals surface area contributed by atoms with Crippen molar-refractivity contribution in [2.45, 2.75) is 38.1 Å². The van der Waals surface area contributed by atoms with E-state index >= 15 is 0 Å². The molecule has 0 saturated heterocycles. The number of hydrogen-bond acceptors (Lipinski definition) is 4. The molecule has 1 fully saturated rings. The lowest BCUT2D eigenvalue weighted by Gasteiger charge is -2.33. The number of nitrogens with one attached hydrogen (secondary N) is 1. The molecule has 0 spiro atoms. The number of amides is 1. The van der Waals surface area contributed by atoms with Gasteiger partial charge in [-0.3, -0.25) is 9.69 Å². The fourth-order valence-electron chi connectivity index (χ4n) is 2.42. The smallest absolute Gasteiger partial charge is 0.234 e. The third-order valence-electron chi connectivity index (χ3n) is 3.29. The largest absolute Gasteiger partial charge is 0.395 e. The number of nitrogens with two attached hydrogens (primary N) is 1. The molecule has 0 atom stereocenters. The van der Waals surface area contributed by atoms with Gasteiger partial charge in [-0.25, -0.2) is 0 Å². The average molecular weight is 243 g/mol. The van der Waals surface area contributed by atoms with Crippen molar-refractivity contribution < 1.29 is 9.90 Å². The Balaban J connectivity index is 2.38. The van der Waals surface area contributed by atoms with Crippen LogP contribution in [0.3, 0.4) is 0 Å². The number of rotatable bonds is 7. The molecule has 1 aliphatic carbocycles. The molecular weight excluding hydrogens is 218 g/mol. The minimum atomic E-state index is 0.00877. The highest BCUT2D eigenvalue weighted by molar-refractivity contribution is 5.78. The maximum Gasteiger partial charge on any atom is 0.234 e. The molecule has 17 heavy (non-hydrogen) atoms. The summed E-state index contributed by atoms with van der Waals surface area (Å²) >= 11 is 0. The fourth-order valence-corrected chi connectivity index (χ4v) is 2.42. The molecule has 4 N–H and O–H groups in total. The number of aliphatic hydroxyl groups is 1. The van der Waals surface area contributed by atoms with Crippen LogP contribution in [0.1, 0.15) is 32.1 Å². The summed E-state index contributed by atoms with van der Waals surface area (Å²) in [5.74, 6) is 0.00877. The average Bonchev–Trinajstić information content (AvgIpc) is 2.37. The van der Waals surface area contributed by atoms with Gasteiger partial charge in [-0.1, -0.05) is 19.3 Å². The van der Waals surface area contributed by atoms with Crippen LogP contribution < -0.4 is 11.1 Å². The molecule has 0 heterocycles. The highest BCUT2D eigenvalue weighted by Crippen LogP contribution is 2.22. The fraction of sp³-hybridized carbons (Fsp3) is 0.917. The quantitative estimate of drug-likeness (QED) is 0.573. The standard InChI is InChI=1S/C12H25N3O2/c13-6-7-14-12(17)10-15(8-9-16)11-4-2-1-3-5-11/h11,16H,1-10,13H2,(H,14,17). The Morgan fingerprint density at radius 1 is 1.35 bits per heavy atom. The Kier molecular flexibility index (Phi) is 7.16. The molecule has 0 bridgehead atoms. The van der Waals surface area contributed by atoms with Gasteiger partial charge in [0.05, 0.1) is 13.2 Å². The van der Waals surface area contributed by atoms with Gasteiger partial charge in [0.25, 0.3) is 0 Å². The first kappa shape index (κ1) is 14.4. The summed E-state index contributed by atoms with van der Waals surface area (Å²) in [6, 6.07) is 0.458. The minimum Gasteiger partial charge on any atom is -0.395 e. The van der Waals surface area contributed by atoms with Crippen LogP contribution in [-0.2, 0) is 4.79 Å². The first-order chi connectivity index (χ1) is 8.27. The van der Waals surface area contributed by atoms with Crippen molar-refractivity contribution in [3.63, 3.8) is 0 Å². The first-order valence-electron chi connectivity index (χ1n) is 6.59. The van der Waals surface area contributed by atoms with E-state index in [-0.39, 0.29) is 12.5 Å². The van der Waals surface area contributed by atoms with Crippen molar-refractivity contribution >= 4 is 5.91 Å². The second-order valence-electron chi connectivity index (χ2n) is 4.62. The molecule has 0 aliphatic heterocycles. The lowest BCUT2D eigenvalue weighted by Crippen LogP contribution is -2.45. The van der Waals surface area contributed by atoms with Gasteiger partial charge < -0.3 is 16.2 Å². The van der Waals surface area contributed by atoms with Crippen LogP contribution >= 0.6 is 0 Å². The first-order valence-corrected chi connectivity index (χ1v) is 6.59. The summed E-state index contributed by atoms with van der Waals surface area (Å²) in [6.45, 7) is 2.07. The predicted octanol–water partition coefficient (Wildman–Crippen LogP) is -0.312. The summed E-state index contributed by atoms with van der Waals surface area (Å²) in [6.07, 6.45) is 6.05. The molecular formula is C12H25N3O2. The molecule has 1 amide bonds. The molecule has 1 rings (SSSR count). The molecule has 1 aliphatic rings. The molecule has 0 aromatic carbocycles. The van der Waals surface area contributed by atoms with E-state index in [1.54, 1.807) is 0 Å². The Morgan fingerprint density at radius 3 is 2.65 bits per heavy atom. The van der Waals surface area contributed by atoms with Gasteiger partial charge in [0.1, 0.15) is 0 Å².